The minimum atomic E-state index is -0.297. The lowest BCUT2D eigenvalue weighted by Crippen LogP contribution is -2.48. The van der Waals surface area contributed by atoms with Crippen molar-refractivity contribution in [3.05, 3.63) is 58.1 Å². The Bertz CT molecular complexity index is 893. The van der Waals surface area contributed by atoms with Crippen LogP contribution in [0.1, 0.15) is 51.2 Å². The first-order valence-electron chi connectivity index (χ1n) is 9.92. The minimum Gasteiger partial charge on any atom is -0.484 e. The van der Waals surface area contributed by atoms with E-state index in [2.05, 4.69) is 71.2 Å². The maximum atomic E-state index is 11.9. The van der Waals surface area contributed by atoms with Crippen molar-refractivity contribution in [2.75, 3.05) is 18.1 Å². The van der Waals surface area contributed by atoms with Gasteiger partial charge in [0.1, 0.15) is 5.75 Å². The van der Waals surface area contributed by atoms with Crippen molar-refractivity contribution < 1.29 is 9.53 Å². The fourth-order valence-corrected chi connectivity index (χ4v) is 4.34. The molecule has 2 aromatic carbocycles. The molecule has 0 aliphatic carbocycles. The van der Waals surface area contributed by atoms with Gasteiger partial charge < -0.3 is 9.64 Å². The second kappa shape index (κ2) is 8.99. The summed E-state index contributed by atoms with van der Waals surface area (Å²) >= 11 is 3.36. The predicted octanol–water partition coefficient (Wildman–Crippen LogP) is 5.09. The summed E-state index contributed by atoms with van der Waals surface area (Å²) < 4.78 is 6.41. The molecule has 1 N–H and O–H groups in total. The number of fused-ring (bicyclic) bond motifs is 1. The van der Waals surface area contributed by atoms with E-state index in [9.17, 15) is 4.79 Å². The Hall–Kier alpha value is -2.34. The number of anilines is 1. The third kappa shape index (κ3) is 5.18. The van der Waals surface area contributed by atoms with E-state index in [1.807, 2.05) is 18.2 Å². The first kappa shape index (κ1) is 21.4. The molecular weight excluding hydrogens is 430 g/mol. The van der Waals surface area contributed by atoms with Crippen LogP contribution < -0.4 is 15.1 Å². The second-order valence-corrected chi connectivity index (χ2v) is 8.93. The molecule has 0 bridgehead atoms. The number of nitrogens with one attached hydrogen (secondary N) is 1. The van der Waals surface area contributed by atoms with Crippen LogP contribution in [0, 0.1) is 0 Å². The van der Waals surface area contributed by atoms with Gasteiger partial charge in [-0.25, -0.2) is 5.43 Å². The van der Waals surface area contributed by atoms with Crippen LogP contribution in [0.5, 0.6) is 5.75 Å². The highest BCUT2D eigenvalue weighted by Gasteiger charge is 2.35. The number of halogens is 1. The van der Waals surface area contributed by atoms with Crippen molar-refractivity contribution in [3.63, 3.8) is 0 Å². The monoisotopic (exact) mass is 457 g/mol. The summed E-state index contributed by atoms with van der Waals surface area (Å²) in [5.74, 6) is 0.818. The van der Waals surface area contributed by atoms with Gasteiger partial charge in [-0.1, -0.05) is 28.9 Å². The van der Waals surface area contributed by atoms with E-state index in [0.717, 1.165) is 23.0 Å². The van der Waals surface area contributed by atoms with Crippen molar-refractivity contribution in [1.82, 2.24) is 5.43 Å². The number of hydrogen-bond donors (Lipinski definition) is 1. The van der Waals surface area contributed by atoms with Gasteiger partial charge in [-0.15, -0.1) is 0 Å². The molecule has 3 rings (SSSR count). The van der Waals surface area contributed by atoms with Crippen molar-refractivity contribution in [1.29, 1.82) is 0 Å². The lowest BCUT2D eigenvalue weighted by molar-refractivity contribution is -0.123. The molecule has 0 saturated heterocycles. The number of nitrogens with zero attached hydrogens (tertiary/aromatic N) is 2. The molecular formula is C23H28BrN3O2. The summed E-state index contributed by atoms with van der Waals surface area (Å²) in [6, 6.07) is 13.7. The molecule has 1 heterocycles. The van der Waals surface area contributed by atoms with Crippen LogP contribution in [0.25, 0.3) is 0 Å². The summed E-state index contributed by atoms with van der Waals surface area (Å²) in [5, 5.41) is 4.08. The van der Waals surface area contributed by atoms with Gasteiger partial charge in [0.05, 0.1) is 6.21 Å². The zero-order valence-corrected chi connectivity index (χ0v) is 19.0. The summed E-state index contributed by atoms with van der Waals surface area (Å²) in [6.45, 7) is 9.97. The Morgan fingerprint density at radius 2 is 2.03 bits per heavy atom. The van der Waals surface area contributed by atoms with E-state index in [0.29, 0.717) is 11.7 Å². The Balaban J connectivity index is 1.60. The summed E-state index contributed by atoms with van der Waals surface area (Å²) in [7, 11) is 0. The van der Waals surface area contributed by atoms with Crippen molar-refractivity contribution in [2.24, 2.45) is 5.10 Å². The average Bonchev–Trinajstić information content (AvgIpc) is 2.67. The van der Waals surface area contributed by atoms with E-state index >= 15 is 0 Å². The number of rotatable bonds is 6. The van der Waals surface area contributed by atoms with E-state index in [4.69, 9.17) is 4.74 Å². The van der Waals surface area contributed by atoms with Gasteiger partial charge in [0.15, 0.2) is 6.61 Å². The fraction of sp³-hybridized carbons (Fsp3) is 0.391. The predicted molar refractivity (Wildman–Crippen MR) is 122 cm³/mol. The van der Waals surface area contributed by atoms with Crippen LogP contribution in [-0.4, -0.2) is 30.8 Å². The van der Waals surface area contributed by atoms with Gasteiger partial charge in [0.25, 0.3) is 5.91 Å². The van der Waals surface area contributed by atoms with E-state index in [1.165, 1.54) is 11.3 Å². The quantitative estimate of drug-likeness (QED) is 0.485. The Kier molecular flexibility index (Phi) is 6.63. The zero-order valence-electron chi connectivity index (χ0n) is 17.4. The summed E-state index contributed by atoms with van der Waals surface area (Å²) in [5.41, 5.74) is 6.27. The summed E-state index contributed by atoms with van der Waals surface area (Å²) in [4.78, 5) is 14.4. The van der Waals surface area contributed by atoms with Crippen LogP contribution >= 0.6 is 15.9 Å². The highest BCUT2D eigenvalue weighted by Crippen LogP contribution is 2.43. The maximum absolute atomic E-state index is 11.9. The molecule has 0 fully saturated rings. The third-order valence-electron chi connectivity index (χ3n) is 5.31. The number of ether oxygens (including phenoxy) is 1. The lowest BCUT2D eigenvalue weighted by atomic mass is 9.79. The molecule has 0 spiro atoms. The lowest BCUT2D eigenvalue weighted by Gasteiger charge is -2.47. The standard InChI is InChI=1S/C23H28BrN3O2/c1-5-27-21-11-6-17(12-20(21)16(2)13-23(27,3)4)14-25-26-22(28)15-29-19-9-7-18(24)8-10-19/h6-12,14,16H,5,13,15H2,1-4H3,(H,26,28)/b25-14-. The molecule has 29 heavy (non-hydrogen) atoms. The van der Waals surface area contributed by atoms with Gasteiger partial charge >= 0.3 is 0 Å². The van der Waals surface area contributed by atoms with Crippen LogP contribution in [0.15, 0.2) is 52.0 Å². The number of benzene rings is 2. The van der Waals surface area contributed by atoms with E-state index in [-0.39, 0.29) is 18.1 Å². The van der Waals surface area contributed by atoms with Crippen molar-refractivity contribution in [3.8, 4) is 5.75 Å². The highest BCUT2D eigenvalue weighted by molar-refractivity contribution is 9.10. The number of amides is 1. The molecule has 0 aromatic heterocycles. The molecule has 0 saturated carbocycles. The normalized spacial score (nSPS) is 17.8. The molecule has 2 aromatic rings. The number of carbonyl (C=O) groups is 1. The van der Waals surface area contributed by atoms with Gasteiger partial charge in [0.2, 0.25) is 0 Å². The van der Waals surface area contributed by atoms with Gasteiger partial charge in [-0.05, 0) is 80.6 Å². The molecule has 1 aliphatic heterocycles. The molecule has 1 aliphatic rings. The van der Waals surface area contributed by atoms with Crippen LogP contribution in [0.3, 0.4) is 0 Å². The highest BCUT2D eigenvalue weighted by atomic mass is 79.9. The van der Waals surface area contributed by atoms with Crippen LogP contribution in [0.2, 0.25) is 0 Å². The molecule has 5 nitrogen and oxygen atoms in total. The van der Waals surface area contributed by atoms with Crippen molar-refractivity contribution >= 4 is 33.7 Å². The van der Waals surface area contributed by atoms with Crippen LogP contribution in [-0.2, 0) is 4.79 Å². The molecule has 1 amide bonds. The Labute approximate surface area is 181 Å². The molecule has 0 radical (unpaired) electrons. The minimum absolute atomic E-state index is 0.0826. The Morgan fingerprint density at radius 1 is 1.31 bits per heavy atom. The zero-order chi connectivity index (χ0) is 21.0. The largest absolute Gasteiger partial charge is 0.484 e. The molecule has 1 atom stereocenters. The van der Waals surface area contributed by atoms with Gasteiger partial charge in [-0.2, -0.15) is 5.10 Å². The molecule has 6 heteroatoms. The number of carbonyl (C=O) groups excluding carboxylic acids is 1. The summed E-state index contributed by atoms with van der Waals surface area (Å²) in [6.07, 6.45) is 2.79. The van der Waals surface area contributed by atoms with E-state index in [1.54, 1.807) is 18.3 Å². The molecule has 154 valence electrons. The average molecular weight is 458 g/mol. The molecule has 1 unspecified atom stereocenters. The Morgan fingerprint density at radius 3 is 2.72 bits per heavy atom. The van der Waals surface area contributed by atoms with Crippen LogP contribution in [0.4, 0.5) is 5.69 Å². The second-order valence-electron chi connectivity index (χ2n) is 8.02. The van der Waals surface area contributed by atoms with Gasteiger partial charge in [-0.3, -0.25) is 4.79 Å². The van der Waals surface area contributed by atoms with Crippen molar-refractivity contribution in [2.45, 2.75) is 45.6 Å². The maximum Gasteiger partial charge on any atom is 0.277 e. The fourth-order valence-electron chi connectivity index (χ4n) is 4.08. The topological polar surface area (TPSA) is 53.9 Å². The third-order valence-corrected chi connectivity index (χ3v) is 5.84. The first-order valence-corrected chi connectivity index (χ1v) is 10.7. The van der Waals surface area contributed by atoms with E-state index < -0.39 is 0 Å². The first-order chi connectivity index (χ1) is 13.8. The SMILES string of the molecule is CCN1c2ccc(/C=N\NC(=O)COc3ccc(Br)cc3)cc2C(C)CC1(C)C. The number of hydrazone groups is 1. The van der Waals surface area contributed by atoms with Gasteiger partial charge in [0, 0.05) is 22.2 Å². The smallest absolute Gasteiger partial charge is 0.277 e. The number of hydrogen-bond acceptors (Lipinski definition) is 4.